The van der Waals surface area contributed by atoms with Crippen LogP contribution in [0.4, 0.5) is 11.4 Å². The maximum Gasteiger partial charge on any atom is 0.306 e. The molecule has 1 N–H and O–H groups in total. The maximum atomic E-state index is 12.0. The van der Waals surface area contributed by atoms with Crippen molar-refractivity contribution in [2.45, 2.75) is 19.7 Å². The summed E-state index contributed by atoms with van der Waals surface area (Å²) >= 11 is 5.89. The van der Waals surface area contributed by atoms with Gasteiger partial charge < -0.3 is 10.1 Å². The van der Waals surface area contributed by atoms with Gasteiger partial charge in [-0.25, -0.2) is 4.68 Å². The first kappa shape index (κ1) is 18.4. The quantitative estimate of drug-likeness (QED) is 0.466. The number of nitrogens with one attached hydrogen (secondary N) is 1. The third kappa shape index (κ3) is 5.28. The molecule has 10 nitrogen and oxygen atoms in total. The Labute approximate surface area is 158 Å². The molecule has 0 saturated carbocycles. The van der Waals surface area contributed by atoms with Crippen molar-refractivity contribution in [3.63, 3.8) is 0 Å². The smallest absolute Gasteiger partial charge is 0.306 e. The van der Waals surface area contributed by atoms with Crippen LogP contribution in [0.2, 0.25) is 5.02 Å². The van der Waals surface area contributed by atoms with Gasteiger partial charge in [0.05, 0.1) is 23.0 Å². The molecule has 0 fully saturated rings. The minimum absolute atomic E-state index is 0.114. The van der Waals surface area contributed by atoms with Gasteiger partial charge in [0, 0.05) is 18.0 Å². The topological polar surface area (TPSA) is 117 Å². The largest absolute Gasteiger partial charge is 0.471 e. The summed E-state index contributed by atoms with van der Waals surface area (Å²) in [4.78, 5) is 22.0. The number of ether oxygens (including phenoxy) is 1. The fourth-order valence-electron chi connectivity index (χ4n) is 2.20. The van der Waals surface area contributed by atoms with E-state index in [0.717, 1.165) is 6.20 Å². The molecule has 140 valence electrons. The number of carbonyl (C=O) groups excluding carboxylic acids is 1. The molecule has 27 heavy (non-hydrogen) atoms. The second-order valence-electron chi connectivity index (χ2n) is 5.52. The molecule has 11 heteroatoms. The Balaban J connectivity index is 1.46. The number of rotatable bonds is 8. The van der Waals surface area contributed by atoms with E-state index >= 15 is 0 Å². The van der Waals surface area contributed by atoms with E-state index in [1.807, 2.05) is 0 Å². The zero-order valence-electron chi connectivity index (χ0n) is 14.0. The lowest BCUT2D eigenvalue weighted by Crippen LogP contribution is -2.14. The molecule has 0 unspecified atom stereocenters. The average molecular weight is 391 g/mol. The van der Waals surface area contributed by atoms with Crippen molar-refractivity contribution in [3.8, 4) is 5.75 Å². The Bertz CT molecular complexity index is 954. The summed E-state index contributed by atoms with van der Waals surface area (Å²) in [5, 5.41) is 21.8. The van der Waals surface area contributed by atoms with Crippen LogP contribution >= 0.6 is 11.6 Å². The third-order valence-corrected chi connectivity index (χ3v) is 3.71. The SMILES string of the molecule is O=C(CCn1cc([N+](=O)[O-])cn1)Nc1cnn(COc2cccc(Cl)c2)c1. The highest BCUT2D eigenvalue weighted by molar-refractivity contribution is 6.30. The van der Waals surface area contributed by atoms with Crippen LogP contribution in [-0.4, -0.2) is 30.4 Å². The van der Waals surface area contributed by atoms with Crippen LogP contribution in [0, 0.1) is 10.1 Å². The first-order valence-electron chi connectivity index (χ1n) is 7.87. The van der Waals surface area contributed by atoms with Crippen LogP contribution in [0.1, 0.15) is 6.42 Å². The molecular formula is C16H15ClN6O4. The molecule has 0 aliphatic carbocycles. The van der Waals surface area contributed by atoms with E-state index in [4.69, 9.17) is 16.3 Å². The highest BCUT2D eigenvalue weighted by Gasteiger charge is 2.10. The summed E-state index contributed by atoms with van der Waals surface area (Å²) in [6.45, 7) is 0.388. The first-order valence-corrected chi connectivity index (χ1v) is 8.25. The third-order valence-electron chi connectivity index (χ3n) is 3.47. The van der Waals surface area contributed by atoms with Crippen LogP contribution in [-0.2, 0) is 18.1 Å². The second-order valence-corrected chi connectivity index (χ2v) is 5.95. The van der Waals surface area contributed by atoms with Gasteiger partial charge in [-0.15, -0.1) is 0 Å². The number of benzene rings is 1. The van der Waals surface area contributed by atoms with Gasteiger partial charge in [0.2, 0.25) is 5.91 Å². The van der Waals surface area contributed by atoms with Crippen LogP contribution in [0.25, 0.3) is 0 Å². The van der Waals surface area contributed by atoms with E-state index in [-0.39, 0.29) is 31.3 Å². The summed E-state index contributed by atoms with van der Waals surface area (Å²) in [7, 11) is 0. The van der Waals surface area contributed by atoms with Gasteiger partial charge in [0.1, 0.15) is 18.1 Å². The predicted molar refractivity (Wildman–Crippen MR) is 96.4 cm³/mol. The van der Waals surface area contributed by atoms with Gasteiger partial charge in [0.15, 0.2) is 6.73 Å². The van der Waals surface area contributed by atoms with E-state index in [1.165, 1.54) is 21.8 Å². The minimum Gasteiger partial charge on any atom is -0.471 e. The molecule has 0 radical (unpaired) electrons. The molecular weight excluding hydrogens is 376 g/mol. The Hall–Kier alpha value is -3.40. The van der Waals surface area contributed by atoms with Crippen LogP contribution in [0.5, 0.6) is 5.75 Å². The van der Waals surface area contributed by atoms with Gasteiger partial charge in [-0.2, -0.15) is 10.2 Å². The molecule has 3 rings (SSSR count). The molecule has 0 aliphatic rings. The Morgan fingerprint density at radius 2 is 2.07 bits per heavy atom. The molecule has 0 saturated heterocycles. The molecule has 1 aromatic carbocycles. The number of halogens is 1. The van der Waals surface area contributed by atoms with Crippen molar-refractivity contribution in [1.82, 2.24) is 19.6 Å². The fraction of sp³-hybridized carbons (Fsp3) is 0.188. The van der Waals surface area contributed by atoms with Crippen molar-refractivity contribution in [3.05, 3.63) is 64.2 Å². The number of hydrogen-bond acceptors (Lipinski definition) is 6. The number of carbonyl (C=O) groups is 1. The zero-order valence-corrected chi connectivity index (χ0v) is 14.7. The normalized spacial score (nSPS) is 10.6. The van der Waals surface area contributed by atoms with Gasteiger partial charge in [-0.1, -0.05) is 17.7 Å². The lowest BCUT2D eigenvalue weighted by molar-refractivity contribution is -0.385. The number of nitrogens with zero attached hydrogens (tertiary/aromatic N) is 5. The van der Waals surface area contributed by atoms with E-state index in [2.05, 4.69) is 15.5 Å². The van der Waals surface area contributed by atoms with Crippen LogP contribution in [0.3, 0.4) is 0 Å². The van der Waals surface area contributed by atoms with Gasteiger partial charge in [-0.3, -0.25) is 19.6 Å². The summed E-state index contributed by atoms with van der Waals surface area (Å²) < 4.78 is 8.42. The van der Waals surface area contributed by atoms with Crippen molar-refractivity contribution in [2.24, 2.45) is 0 Å². The van der Waals surface area contributed by atoms with E-state index in [1.54, 1.807) is 30.5 Å². The highest BCUT2D eigenvalue weighted by atomic mass is 35.5. The summed E-state index contributed by atoms with van der Waals surface area (Å²) in [6.07, 6.45) is 5.66. The standard InChI is InChI=1S/C16H15ClN6O4/c17-12-2-1-3-15(6-12)27-11-22-9-13(7-18-22)20-16(24)4-5-21-10-14(8-19-21)23(25)26/h1-3,6-10H,4-5,11H2,(H,20,24). The molecule has 0 spiro atoms. The number of hydrogen-bond donors (Lipinski definition) is 1. The number of anilines is 1. The first-order chi connectivity index (χ1) is 13.0. The number of nitro groups is 1. The molecule has 0 bridgehead atoms. The maximum absolute atomic E-state index is 12.0. The van der Waals surface area contributed by atoms with E-state index < -0.39 is 4.92 Å². The Morgan fingerprint density at radius 1 is 1.26 bits per heavy atom. The molecule has 3 aromatic rings. The lowest BCUT2D eigenvalue weighted by atomic mass is 10.3. The molecule has 0 atom stereocenters. The van der Waals surface area contributed by atoms with Crippen molar-refractivity contribution in [2.75, 3.05) is 5.32 Å². The zero-order chi connectivity index (χ0) is 19.2. The monoisotopic (exact) mass is 390 g/mol. The Kier molecular flexibility index (Phi) is 5.67. The van der Waals surface area contributed by atoms with Gasteiger partial charge in [-0.05, 0) is 18.2 Å². The molecule has 2 heterocycles. The minimum atomic E-state index is -0.538. The summed E-state index contributed by atoms with van der Waals surface area (Å²) in [6, 6.07) is 6.99. The van der Waals surface area contributed by atoms with Crippen molar-refractivity contribution >= 4 is 28.9 Å². The number of aromatic nitrogens is 4. The highest BCUT2D eigenvalue weighted by Crippen LogP contribution is 2.17. The fourth-order valence-corrected chi connectivity index (χ4v) is 2.39. The van der Waals surface area contributed by atoms with E-state index in [0.29, 0.717) is 16.5 Å². The second kappa shape index (κ2) is 8.32. The van der Waals surface area contributed by atoms with Gasteiger partial charge in [0.25, 0.3) is 0 Å². The number of aryl methyl sites for hydroxylation is 1. The summed E-state index contributed by atoms with van der Waals surface area (Å²) in [5.74, 6) is 0.348. The van der Waals surface area contributed by atoms with Crippen molar-refractivity contribution in [1.29, 1.82) is 0 Å². The predicted octanol–water partition coefficient (Wildman–Crippen LogP) is 2.71. The summed E-state index contributed by atoms with van der Waals surface area (Å²) in [5.41, 5.74) is 0.400. The molecule has 1 amide bonds. The number of amides is 1. The Morgan fingerprint density at radius 3 is 2.81 bits per heavy atom. The van der Waals surface area contributed by atoms with Crippen LogP contribution in [0.15, 0.2) is 49.1 Å². The molecule has 2 aromatic heterocycles. The van der Waals surface area contributed by atoms with Crippen molar-refractivity contribution < 1.29 is 14.5 Å². The average Bonchev–Trinajstić information content (AvgIpc) is 3.28. The van der Waals surface area contributed by atoms with Crippen LogP contribution < -0.4 is 10.1 Å². The molecule has 0 aliphatic heterocycles. The van der Waals surface area contributed by atoms with Gasteiger partial charge >= 0.3 is 5.69 Å². The van der Waals surface area contributed by atoms with E-state index in [9.17, 15) is 14.9 Å². The lowest BCUT2D eigenvalue weighted by Gasteiger charge is -2.06.